The Hall–Kier alpha value is -3.32. The van der Waals surface area contributed by atoms with Crippen LogP contribution in [0.3, 0.4) is 0 Å². The lowest BCUT2D eigenvalue weighted by Gasteiger charge is -2.26. The smallest absolute Gasteiger partial charge is 0.0462 e. The predicted molar refractivity (Wildman–Crippen MR) is 121 cm³/mol. The third-order valence-corrected chi connectivity index (χ3v) is 5.06. The van der Waals surface area contributed by atoms with Crippen molar-refractivity contribution in [1.82, 2.24) is 0 Å². The zero-order valence-electron chi connectivity index (χ0n) is 16.4. The normalized spacial score (nSPS) is 10.8. The van der Waals surface area contributed by atoms with Crippen LogP contribution in [-0.4, -0.2) is 0 Å². The molecule has 1 heteroatoms. The quantitative estimate of drug-likeness (QED) is 0.348. The van der Waals surface area contributed by atoms with Gasteiger partial charge in [-0.2, -0.15) is 0 Å². The molecule has 0 spiro atoms. The van der Waals surface area contributed by atoms with Crippen molar-refractivity contribution >= 4 is 17.1 Å². The summed E-state index contributed by atoms with van der Waals surface area (Å²) in [4.78, 5) is 2.30. The zero-order chi connectivity index (χ0) is 19.3. The predicted octanol–water partition coefficient (Wildman–Crippen LogP) is 7.95. The summed E-state index contributed by atoms with van der Waals surface area (Å²) in [5.41, 5.74) is 7.31. The van der Waals surface area contributed by atoms with Crippen LogP contribution < -0.4 is 4.90 Å². The van der Waals surface area contributed by atoms with Crippen LogP contribution in [0.5, 0.6) is 0 Å². The number of nitrogens with zero attached hydrogens (tertiary/aromatic N) is 1. The molecule has 0 atom stereocenters. The van der Waals surface area contributed by atoms with E-state index in [1.807, 2.05) is 0 Å². The van der Waals surface area contributed by atoms with Gasteiger partial charge in [0.25, 0.3) is 0 Å². The van der Waals surface area contributed by atoms with Gasteiger partial charge in [0.2, 0.25) is 0 Å². The highest BCUT2D eigenvalue weighted by atomic mass is 15.1. The highest BCUT2D eigenvalue weighted by Gasteiger charge is 2.12. The van der Waals surface area contributed by atoms with Gasteiger partial charge in [0.1, 0.15) is 0 Å². The van der Waals surface area contributed by atoms with Gasteiger partial charge in [0.15, 0.2) is 0 Å². The molecule has 0 amide bonds. The molecule has 28 heavy (non-hydrogen) atoms. The standard InChI is InChI=1S/C27H25N/c1-21(2)22-13-17-26(18-14-22)28(25-11-7-4-8-12-25)27-19-15-24(16-20-27)23-9-5-3-6-10-23/h3-21H,1-2H3. The van der Waals surface area contributed by atoms with E-state index in [0.717, 1.165) is 11.4 Å². The zero-order valence-corrected chi connectivity index (χ0v) is 16.4. The van der Waals surface area contributed by atoms with Gasteiger partial charge in [0, 0.05) is 17.1 Å². The Morgan fingerprint density at radius 1 is 0.464 bits per heavy atom. The van der Waals surface area contributed by atoms with Gasteiger partial charge in [-0.3, -0.25) is 0 Å². The lowest BCUT2D eigenvalue weighted by molar-refractivity contribution is 0.866. The van der Waals surface area contributed by atoms with Crippen molar-refractivity contribution in [3.05, 3.63) is 115 Å². The summed E-state index contributed by atoms with van der Waals surface area (Å²) in [5, 5.41) is 0. The molecule has 0 saturated carbocycles. The fraction of sp³-hybridized carbons (Fsp3) is 0.111. The van der Waals surface area contributed by atoms with Gasteiger partial charge in [0.05, 0.1) is 0 Å². The topological polar surface area (TPSA) is 3.24 Å². The molecule has 0 bridgehead atoms. The van der Waals surface area contributed by atoms with Crippen LogP contribution >= 0.6 is 0 Å². The van der Waals surface area contributed by atoms with E-state index in [1.165, 1.54) is 22.4 Å². The van der Waals surface area contributed by atoms with E-state index >= 15 is 0 Å². The first kappa shape index (κ1) is 18.1. The summed E-state index contributed by atoms with van der Waals surface area (Å²) in [6.07, 6.45) is 0. The summed E-state index contributed by atoms with van der Waals surface area (Å²) < 4.78 is 0. The molecule has 0 N–H and O–H groups in total. The summed E-state index contributed by atoms with van der Waals surface area (Å²) in [7, 11) is 0. The van der Waals surface area contributed by atoms with Crippen molar-refractivity contribution in [3.8, 4) is 11.1 Å². The number of rotatable bonds is 5. The molecule has 0 aliphatic heterocycles. The Labute approximate surface area is 167 Å². The maximum absolute atomic E-state index is 2.30. The van der Waals surface area contributed by atoms with Crippen LogP contribution in [0, 0.1) is 0 Å². The molecule has 0 aliphatic rings. The number of hydrogen-bond acceptors (Lipinski definition) is 1. The van der Waals surface area contributed by atoms with Crippen molar-refractivity contribution < 1.29 is 0 Å². The number of hydrogen-bond donors (Lipinski definition) is 0. The van der Waals surface area contributed by atoms with E-state index in [1.54, 1.807) is 0 Å². The Balaban J connectivity index is 1.74. The summed E-state index contributed by atoms with van der Waals surface area (Å²) in [6.45, 7) is 4.46. The maximum Gasteiger partial charge on any atom is 0.0462 e. The van der Waals surface area contributed by atoms with Crippen LogP contribution in [0.1, 0.15) is 25.3 Å². The summed E-state index contributed by atoms with van der Waals surface area (Å²) >= 11 is 0. The molecule has 0 aromatic heterocycles. The molecule has 0 saturated heterocycles. The summed E-state index contributed by atoms with van der Waals surface area (Å²) in [5.74, 6) is 0.532. The first-order chi connectivity index (χ1) is 13.7. The molecule has 0 radical (unpaired) electrons. The monoisotopic (exact) mass is 363 g/mol. The largest absolute Gasteiger partial charge is 0.311 e. The van der Waals surface area contributed by atoms with Crippen molar-refractivity contribution in [1.29, 1.82) is 0 Å². The van der Waals surface area contributed by atoms with Crippen LogP contribution in [0.15, 0.2) is 109 Å². The van der Waals surface area contributed by atoms with Crippen molar-refractivity contribution in [2.24, 2.45) is 0 Å². The molecular formula is C27H25N. The highest BCUT2D eigenvalue weighted by Crippen LogP contribution is 2.35. The second kappa shape index (κ2) is 8.14. The Morgan fingerprint density at radius 3 is 1.43 bits per heavy atom. The third kappa shape index (κ3) is 3.84. The average Bonchev–Trinajstić information content (AvgIpc) is 2.76. The number of anilines is 3. The van der Waals surface area contributed by atoms with Gasteiger partial charge in [-0.15, -0.1) is 0 Å². The minimum Gasteiger partial charge on any atom is -0.311 e. The molecule has 4 aromatic carbocycles. The van der Waals surface area contributed by atoms with Crippen LogP contribution in [0.4, 0.5) is 17.1 Å². The van der Waals surface area contributed by atoms with E-state index < -0.39 is 0 Å². The highest BCUT2D eigenvalue weighted by molar-refractivity contribution is 5.78. The van der Waals surface area contributed by atoms with E-state index in [4.69, 9.17) is 0 Å². The molecule has 138 valence electrons. The van der Waals surface area contributed by atoms with Gasteiger partial charge >= 0.3 is 0 Å². The van der Waals surface area contributed by atoms with Gasteiger partial charge < -0.3 is 4.90 Å². The Bertz CT molecular complexity index is 1000. The fourth-order valence-electron chi connectivity index (χ4n) is 3.47. The van der Waals surface area contributed by atoms with Crippen molar-refractivity contribution in [3.63, 3.8) is 0 Å². The van der Waals surface area contributed by atoms with E-state index in [9.17, 15) is 0 Å². The molecule has 0 aliphatic carbocycles. The van der Waals surface area contributed by atoms with Gasteiger partial charge in [-0.25, -0.2) is 0 Å². The first-order valence-corrected chi connectivity index (χ1v) is 9.83. The van der Waals surface area contributed by atoms with E-state index in [2.05, 4.69) is 128 Å². The SMILES string of the molecule is CC(C)c1ccc(N(c2ccccc2)c2ccc(-c3ccccc3)cc2)cc1. The molecule has 1 nitrogen and oxygen atoms in total. The second-order valence-electron chi connectivity index (χ2n) is 7.33. The van der Waals surface area contributed by atoms with Crippen LogP contribution in [-0.2, 0) is 0 Å². The van der Waals surface area contributed by atoms with Crippen molar-refractivity contribution in [2.45, 2.75) is 19.8 Å². The van der Waals surface area contributed by atoms with Crippen LogP contribution in [0.25, 0.3) is 11.1 Å². The number of para-hydroxylation sites is 1. The van der Waals surface area contributed by atoms with Gasteiger partial charge in [-0.05, 0) is 59.0 Å². The van der Waals surface area contributed by atoms with Crippen molar-refractivity contribution in [2.75, 3.05) is 4.90 Å². The molecular weight excluding hydrogens is 338 g/mol. The lowest BCUT2D eigenvalue weighted by Crippen LogP contribution is -2.09. The van der Waals surface area contributed by atoms with Crippen LogP contribution in [0.2, 0.25) is 0 Å². The Kier molecular flexibility index (Phi) is 5.25. The molecule has 0 fully saturated rings. The number of benzene rings is 4. The van der Waals surface area contributed by atoms with E-state index in [-0.39, 0.29) is 0 Å². The minimum atomic E-state index is 0.532. The fourth-order valence-corrected chi connectivity index (χ4v) is 3.47. The molecule has 0 unspecified atom stereocenters. The minimum absolute atomic E-state index is 0.532. The second-order valence-corrected chi connectivity index (χ2v) is 7.33. The molecule has 4 rings (SSSR count). The first-order valence-electron chi connectivity index (χ1n) is 9.83. The maximum atomic E-state index is 2.30. The van der Waals surface area contributed by atoms with E-state index in [0.29, 0.717) is 5.92 Å². The Morgan fingerprint density at radius 2 is 0.893 bits per heavy atom. The van der Waals surface area contributed by atoms with Gasteiger partial charge in [-0.1, -0.05) is 86.6 Å². The molecule has 4 aromatic rings. The average molecular weight is 364 g/mol. The third-order valence-electron chi connectivity index (χ3n) is 5.06. The summed E-state index contributed by atoms with van der Waals surface area (Å²) in [6, 6.07) is 38.7. The lowest BCUT2D eigenvalue weighted by atomic mass is 10.0. The molecule has 0 heterocycles.